The third kappa shape index (κ3) is 5.50. The highest BCUT2D eigenvalue weighted by atomic mass is 19.4. The number of nitrogens with one attached hydrogen (secondary N) is 1. The highest BCUT2D eigenvalue weighted by Crippen LogP contribution is 2.37. The molecule has 12 heteroatoms. The van der Waals surface area contributed by atoms with Gasteiger partial charge in [-0.3, -0.25) is 14.9 Å². The normalized spacial score (nSPS) is 12.6. The van der Waals surface area contributed by atoms with Gasteiger partial charge < -0.3 is 19.5 Å². The van der Waals surface area contributed by atoms with E-state index in [2.05, 4.69) is 0 Å². The van der Waals surface area contributed by atoms with E-state index in [1.807, 2.05) is 5.32 Å². The molecule has 0 aromatic heterocycles. The van der Waals surface area contributed by atoms with Crippen molar-refractivity contribution >= 4 is 29.3 Å². The van der Waals surface area contributed by atoms with Crippen LogP contribution in [0.2, 0.25) is 0 Å². The van der Waals surface area contributed by atoms with E-state index >= 15 is 0 Å². The Balaban J connectivity index is 1.58. The molecule has 1 N–H and O–H groups in total. The molecule has 0 radical (unpaired) electrons. The number of non-ortho nitro benzene ring substituents is 1. The average Bonchev–Trinajstić information content (AvgIpc) is 3.18. The highest BCUT2D eigenvalue weighted by Gasteiger charge is 2.35. The Morgan fingerprint density at radius 2 is 1.90 bits per heavy atom. The maximum Gasteiger partial charge on any atom is 0.418 e. The van der Waals surface area contributed by atoms with Crippen LogP contribution in [0.3, 0.4) is 0 Å². The minimum absolute atomic E-state index is 0.0878. The second-order valence-electron chi connectivity index (χ2n) is 6.09. The third-order valence-electron chi connectivity index (χ3n) is 3.95. The van der Waals surface area contributed by atoms with E-state index in [1.165, 1.54) is 6.08 Å². The molecule has 1 amide bonds. The van der Waals surface area contributed by atoms with Crippen molar-refractivity contribution in [1.82, 2.24) is 0 Å². The van der Waals surface area contributed by atoms with E-state index in [0.717, 1.165) is 18.2 Å². The van der Waals surface area contributed by atoms with Crippen LogP contribution in [0.15, 0.2) is 42.5 Å². The van der Waals surface area contributed by atoms with Gasteiger partial charge in [-0.05, 0) is 29.8 Å². The quantitative estimate of drug-likeness (QED) is 0.317. The fourth-order valence-corrected chi connectivity index (χ4v) is 2.54. The summed E-state index contributed by atoms with van der Waals surface area (Å²) in [5.74, 6) is -0.906. The minimum Gasteiger partial charge on any atom is -0.454 e. The molecule has 0 aliphatic carbocycles. The first-order valence-electron chi connectivity index (χ1n) is 8.53. The van der Waals surface area contributed by atoms with E-state index in [0.29, 0.717) is 23.1 Å². The number of alkyl halides is 3. The first-order chi connectivity index (χ1) is 14.6. The number of esters is 1. The molecule has 2 aromatic carbocycles. The van der Waals surface area contributed by atoms with Crippen molar-refractivity contribution in [2.75, 3.05) is 18.7 Å². The molecule has 0 atom stereocenters. The van der Waals surface area contributed by atoms with Crippen LogP contribution >= 0.6 is 0 Å². The summed E-state index contributed by atoms with van der Waals surface area (Å²) >= 11 is 0. The van der Waals surface area contributed by atoms with Crippen LogP contribution in [0, 0.1) is 10.1 Å². The fourth-order valence-electron chi connectivity index (χ4n) is 2.54. The van der Waals surface area contributed by atoms with Gasteiger partial charge in [-0.2, -0.15) is 13.2 Å². The SMILES string of the molecule is O=C(COC(=O)C=Cc1ccc2c(c1)OCO2)Nc1ccc([N+](=O)[O-])cc1C(F)(F)F. The van der Waals surface area contributed by atoms with Gasteiger partial charge in [-0.1, -0.05) is 6.07 Å². The molecule has 3 rings (SSSR count). The molecule has 9 nitrogen and oxygen atoms in total. The van der Waals surface area contributed by atoms with Gasteiger partial charge in [0.15, 0.2) is 18.1 Å². The Labute approximate surface area is 172 Å². The lowest BCUT2D eigenvalue weighted by Crippen LogP contribution is -2.22. The molecular weight excluding hydrogens is 425 g/mol. The van der Waals surface area contributed by atoms with E-state index in [9.17, 15) is 32.9 Å². The number of anilines is 1. The molecule has 0 spiro atoms. The van der Waals surface area contributed by atoms with Gasteiger partial charge in [0.25, 0.3) is 11.6 Å². The van der Waals surface area contributed by atoms with Crippen molar-refractivity contribution in [3.63, 3.8) is 0 Å². The number of nitro benzene ring substituents is 1. The van der Waals surface area contributed by atoms with Crippen LogP contribution in [0.1, 0.15) is 11.1 Å². The Morgan fingerprint density at radius 3 is 2.61 bits per heavy atom. The number of hydrogen-bond donors (Lipinski definition) is 1. The zero-order valence-electron chi connectivity index (χ0n) is 15.5. The Kier molecular flexibility index (Phi) is 6.09. The van der Waals surface area contributed by atoms with Crippen molar-refractivity contribution < 1.29 is 41.9 Å². The molecule has 1 aliphatic rings. The summed E-state index contributed by atoms with van der Waals surface area (Å²) in [4.78, 5) is 33.3. The number of nitrogens with zero attached hydrogens (tertiary/aromatic N) is 1. The Morgan fingerprint density at radius 1 is 1.16 bits per heavy atom. The molecule has 2 aromatic rings. The van der Waals surface area contributed by atoms with Gasteiger partial charge >= 0.3 is 12.1 Å². The molecule has 31 heavy (non-hydrogen) atoms. The number of fused-ring (bicyclic) bond motifs is 1. The number of halogens is 3. The van der Waals surface area contributed by atoms with E-state index < -0.39 is 46.5 Å². The molecular formula is C19H13F3N2O7. The van der Waals surface area contributed by atoms with Gasteiger partial charge in [-0.25, -0.2) is 4.79 Å². The number of amides is 1. The number of carbonyl (C=O) groups is 2. The van der Waals surface area contributed by atoms with Crippen molar-refractivity contribution in [2.24, 2.45) is 0 Å². The maximum atomic E-state index is 13.1. The predicted octanol–water partition coefficient (Wildman–Crippen LogP) is 3.54. The number of carbonyl (C=O) groups excluding carboxylic acids is 2. The highest BCUT2D eigenvalue weighted by molar-refractivity contribution is 5.95. The van der Waals surface area contributed by atoms with Crippen LogP contribution < -0.4 is 14.8 Å². The largest absolute Gasteiger partial charge is 0.454 e. The second kappa shape index (κ2) is 8.73. The number of nitro groups is 1. The number of benzene rings is 2. The Bertz CT molecular complexity index is 1070. The zero-order chi connectivity index (χ0) is 22.6. The van der Waals surface area contributed by atoms with Gasteiger partial charge in [0.05, 0.1) is 16.2 Å². The summed E-state index contributed by atoms with van der Waals surface area (Å²) in [7, 11) is 0. The Hall–Kier alpha value is -4.09. The predicted molar refractivity (Wildman–Crippen MR) is 99.3 cm³/mol. The molecule has 0 unspecified atom stereocenters. The topological polar surface area (TPSA) is 117 Å². The monoisotopic (exact) mass is 438 g/mol. The van der Waals surface area contributed by atoms with Crippen molar-refractivity contribution in [3.05, 3.63) is 63.7 Å². The zero-order valence-corrected chi connectivity index (χ0v) is 15.5. The standard InChI is InChI=1S/C19H13F3N2O7/c20-19(21,22)13-8-12(24(27)28)3-4-14(13)23-17(25)9-29-18(26)6-2-11-1-5-15-16(7-11)31-10-30-15/h1-8H,9-10H2,(H,23,25). The molecule has 0 bridgehead atoms. The third-order valence-corrected chi connectivity index (χ3v) is 3.95. The first kappa shape index (κ1) is 21.6. The second-order valence-corrected chi connectivity index (χ2v) is 6.09. The van der Waals surface area contributed by atoms with Gasteiger partial charge in [0, 0.05) is 18.2 Å². The lowest BCUT2D eigenvalue weighted by molar-refractivity contribution is -0.385. The number of ether oxygens (including phenoxy) is 3. The summed E-state index contributed by atoms with van der Waals surface area (Å²) in [6.45, 7) is -0.775. The van der Waals surface area contributed by atoms with Crippen molar-refractivity contribution in [3.8, 4) is 11.5 Å². The molecule has 1 heterocycles. The van der Waals surface area contributed by atoms with E-state index in [-0.39, 0.29) is 6.79 Å². The van der Waals surface area contributed by atoms with Crippen LogP contribution in [0.5, 0.6) is 11.5 Å². The van der Waals surface area contributed by atoms with Gasteiger partial charge in [0.2, 0.25) is 6.79 Å². The first-order valence-corrected chi connectivity index (χ1v) is 8.53. The maximum absolute atomic E-state index is 13.1. The lowest BCUT2D eigenvalue weighted by atomic mass is 10.1. The summed E-state index contributed by atoms with van der Waals surface area (Å²) in [6, 6.07) is 6.77. The van der Waals surface area contributed by atoms with Gasteiger partial charge in [0.1, 0.15) is 0 Å². The fraction of sp³-hybridized carbons (Fsp3) is 0.158. The molecule has 0 saturated heterocycles. The minimum atomic E-state index is -4.95. The average molecular weight is 438 g/mol. The van der Waals surface area contributed by atoms with Crippen LogP contribution in [-0.2, 0) is 20.5 Å². The van der Waals surface area contributed by atoms with Crippen molar-refractivity contribution in [1.29, 1.82) is 0 Å². The van der Waals surface area contributed by atoms with Gasteiger partial charge in [-0.15, -0.1) is 0 Å². The van der Waals surface area contributed by atoms with Crippen molar-refractivity contribution in [2.45, 2.75) is 6.18 Å². The van der Waals surface area contributed by atoms with E-state index in [4.69, 9.17) is 14.2 Å². The van der Waals surface area contributed by atoms with Crippen LogP contribution in [-0.4, -0.2) is 30.2 Å². The summed E-state index contributed by atoms with van der Waals surface area (Å²) in [6.07, 6.45) is -2.53. The molecule has 0 saturated carbocycles. The van der Waals surface area contributed by atoms with E-state index in [1.54, 1.807) is 18.2 Å². The molecule has 1 aliphatic heterocycles. The molecule has 162 valence electrons. The summed E-state index contributed by atoms with van der Waals surface area (Å²) in [5.41, 5.74) is -2.30. The number of rotatable bonds is 6. The van der Waals surface area contributed by atoms with Crippen LogP contribution in [0.25, 0.3) is 6.08 Å². The summed E-state index contributed by atoms with van der Waals surface area (Å²) in [5, 5.41) is 12.6. The lowest BCUT2D eigenvalue weighted by Gasteiger charge is -2.13. The number of hydrogen-bond acceptors (Lipinski definition) is 7. The molecule has 0 fully saturated rings. The smallest absolute Gasteiger partial charge is 0.418 e. The summed E-state index contributed by atoms with van der Waals surface area (Å²) < 4.78 is 54.4. The van der Waals surface area contributed by atoms with Crippen LogP contribution in [0.4, 0.5) is 24.5 Å².